The van der Waals surface area contributed by atoms with E-state index >= 15 is 0 Å². The first kappa shape index (κ1) is 24.1. The molecule has 2 aromatic carbocycles. The molecule has 0 unspecified atom stereocenters. The van der Waals surface area contributed by atoms with Crippen LogP contribution < -0.4 is 10.5 Å². The number of nitrogens with zero attached hydrogens (tertiary/aromatic N) is 5. The molecule has 4 heterocycles. The van der Waals surface area contributed by atoms with Crippen LogP contribution in [0.15, 0.2) is 83.9 Å². The van der Waals surface area contributed by atoms with E-state index in [4.69, 9.17) is 0 Å². The molecule has 5 aromatic rings. The quantitative estimate of drug-likeness (QED) is 0.303. The summed E-state index contributed by atoms with van der Waals surface area (Å²) in [5, 5.41) is 1.31. The maximum Gasteiger partial charge on any atom is 0.416 e. The molecule has 0 amide bonds. The lowest BCUT2D eigenvalue weighted by Crippen LogP contribution is -2.44. The predicted molar refractivity (Wildman–Crippen MR) is 143 cm³/mol. The van der Waals surface area contributed by atoms with Gasteiger partial charge in [-0.2, -0.15) is 13.2 Å². The van der Waals surface area contributed by atoms with E-state index in [1.54, 1.807) is 12.3 Å². The minimum Gasteiger partial charge on any atom is -0.354 e. The molecule has 1 fully saturated rings. The maximum absolute atomic E-state index is 13.4. The molecule has 9 heteroatoms. The number of aromatic nitrogens is 3. The summed E-state index contributed by atoms with van der Waals surface area (Å²) in [6.07, 6.45) is -1.06. The summed E-state index contributed by atoms with van der Waals surface area (Å²) >= 11 is 0. The molecule has 6 nitrogen and oxygen atoms in total. The fraction of sp³-hybridized carbons (Fsp3) is 0.207. The van der Waals surface area contributed by atoms with Crippen molar-refractivity contribution in [3.63, 3.8) is 0 Å². The molecule has 0 saturated carbocycles. The molecule has 1 saturated heterocycles. The number of anilines is 1. The summed E-state index contributed by atoms with van der Waals surface area (Å²) in [5.41, 5.74) is 1.81. The molecular weight excluding hydrogens is 491 g/mol. The first-order chi connectivity index (χ1) is 18.3. The molecule has 0 radical (unpaired) electrons. The monoisotopic (exact) mass is 515 g/mol. The summed E-state index contributed by atoms with van der Waals surface area (Å²) < 4.78 is 41.7. The smallest absolute Gasteiger partial charge is 0.354 e. The standard InChI is InChI=1S/C29H24F3N5O/c1-35-11-13-36(14-12-35)26-9-6-20(17-34-26)19-5-8-25-24(15-19)28-21(18-33-25)7-10-27(38)37(28)23-4-2-3-22(16-23)29(30,31)32/h2-10,15-18H,11-14H2,1H3. The van der Waals surface area contributed by atoms with E-state index in [1.165, 1.54) is 22.8 Å². The van der Waals surface area contributed by atoms with Gasteiger partial charge in [-0.25, -0.2) is 4.98 Å². The van der Waals surface area contributed by atoms with Crippen molar-refractivity contribution in [2.45, 2.75) is 6.18 Å². The Kier molecular flexibility index (Phi) is 5.87. The van der Waals surface area contributed by atoms with Crippen molar-refractivity contribution in [2.75, 3.05) is 38.1 Å². The lowest BCUT2D eigenvalue weighted by molar-refractivity contribution is -0.137. The number of hydrogen-bond acceptors (Lipinski definition) is 5. The van der Waals surface area contributed by atoms with Gasteiger partial charge in [-0.1, -0.05) is 12.1 Å². The number of pyridine rings is 3. The van der Waals surface area contributed by atoms with Crippen molar-refractivity contribution in [3.8, 4) is 16.8 Å². The van der Waals surface area contributed by atoms with Gasteiger partial charge in [0.05, 0.1) is 16.6 Å². The molecule has 1 aliphatic rings. The molecular formula is C29H24F3N5O. The van der Waals surface area contributed by atoms with Gasteiger partial charge in [-0.3, -0.25) is 14.3 Å². The van der Waals surface area contributed by atoms with Crippen molar-refractivity contribution < 1.29 is 13.2 Å². The van der Waals surface area contributed by atoms with Gasteiger partial charge in [-0.15, -0.1) is 0 Å². The Morgan fingerprint density at radius 1 is 0.816 bits per heavy atom. The second kappa shape index (κ2) is 9.25. The van der Waals surface area contributed by atoms with Crippen LogP contribution in [0, 0.1) is 0 Å². The first-order valence-corrected chi connectivity index (χ1v) is 12.3. The van der Waals surface area contributed by atoms with Crippen LogP contribution in [0.4, 0.5) is 19.0 Å². The maximum atomic E-state index is 13.4. The van der Waals surface area contributed by atoms with Gasteiger partial charge in [0.1, 0.15) is 5.82 Å². The largest absolute Gasteiger partial charge is 0.416 e. The number of likely N-dealkylation sites (N-methyl/N-ethyl adjacent to an activating group) is 1. The van der Waals surface area contributed by atoms with Gasteiger partial charge in [0.15, 0.2) is 0 Å². The zero-order chi connectivity index (χ0) is 26.4. The number of rotatable bonds is 3. The lowest BCUT2D eigenvalue weighted by atomic mass is 10.0. The van der Waals surface area contributed by atoms with Crippen molar-refractivity contribution in [2.24, 2.45) is 0 Å². The van der Waals surface area contributed by atoms with Crippen LogP contribution in [0.25, 0.3) is 38.6 Å². The molecule has 6 rings (SSSR count). The van der Waals surface area contributed by atoms with Crippen molar-refractivity contribution in [1.82, 2.24) is 19.4 Å². The molecule has 0 N–H and O–H groups in total. The summed E-state index contributed by atoms with van der Waals surface area (Å²) in [6, 6.07) is 17.5. The molecule has 0 spiro atoms. The Labute approximate surface area is 216 Å². The van der Waals surface area contributed by atoms with Crippen molar-refractivity contribution in [1.29, 1.82) is 0 Å². The third-order valence-electron chi connectivity index (χ3n) is 7.06. The van der Waals surface area contributed by atoms with Gasteiger partial charge in [-0.05, 0) is 61.1 Å². The van der Waals surface area contributed by atoms with Crippen molar-refractivity contribution >= 4 is 27.6 Å². The third kappa shape index (κ3) is 4.39. The molecule has 38 heavy (non-hydrogen) atoms. The molecule has 3 aromatic heterocycles. The number of hydrogen-bond donors (Lipinski definition) is 0. The minimum atomic E-state index is -4.52. The summed E-state index contributed by atoms with van der Waals surface area (Å²) in [7, 11) is 2.11. The van der Waals surface area contributed by atoms with E-state index in [0.717, 1.165) is 55.3 Å². The lowest BCUT2D eigenvalue weighted by Gasteiger charge is -2.33. The summed E-state index contributed by atoms with van der Waals surface area (Å²) in [5.74, 6) is 0.924. The molecule has 1 aliphatic heterocycles. The highest BCUT2D eigenvalue weighted by Gasteiger charge is 2.30. The summed E-state index contributed by atoms with van der Waals surface area (Å²) in [4.78, 5) is 26.8. The van der Waals surface area contributed by atoms with Gasteiger partial charge in [0.2, 0.25) is 0 Å². The Balaban J connectivity index is 1.48. The zero-order valence-corrected chi connectivity index (χ0v) is 20.6. The zero-order valence-electron chi connectivity index (χ0n) is 20.6. The van der Waals surface area contributed by atoms with Gasteiger partial charge < -0.3 is 9.80 Å². The van der Waals surface area contributed by atoms with Crippen LogP contribution in [0.1, 0.15) is 5.56 Å². The SMILES string of the molecule is CN1CCN(c2ccc(-c3ccc4ncc5ccc(=O)n(-c6cccc(C(F)(F)F)c6)c5c4c3)cn2)CC1. The molecule has 192 valence electrons. The molecule has 0 atom stereocenters. The number of alkyl halides is 3. The highest BCUT2D eigenvalue weighted by Crippen LogP contribution is 2.33. The van der Waals surface area contributed by atoms with Crippen molar-refractivity contribution in [3.05, 3.63) is 95.0 Å². The second-order valence-electron chi connectivity index (χ2n) is 9.54. The van der Waals surface area contributed by atoms with E-state index in [-0.39, 0.29) is 5.69 Å². The second-order valence-corrected chi connectivity index (χ2v) is 9.54. The van der Waals surface area contributed by atoms with Crippen LogP contribution >= 0.6 is 0 Å². The fourth-order valence-corrected chi connectivity index (χ4v) is 4.95. The topological polar surface area (TPSA) is 54.3 Å². The first-order valence-electron chi connectivity index (χ1n) is 12.3. The Bertz CT molecular complexity index is 1700. The average Bonchev–Trinajstić information content (AvgIpc) is 2.93. The third-order valence-corrected chi connectivity index (χ3v) is 7.06. The van der Waals surface area contributed by atoms with Crippen LogP contribution in [0.5, 0.6) is 0 Å². The van der Waals surface area contributed by atoms with Crippen LogP contribution in [0.2, 0.25) is 0 Å². The normalized spacial score (nSPS) is 14.9. The van der Waals surface area contributed by atoms with E-state index < -0.39 is 17.3 Å². The Morgan fingerprint density at radius 3 is 2.34 bits per heavy atom. The Hall–Kier alpha value is -4.24. The minimum absolute atomic E-state index is 0.145. The van der Waals surface area contributed by atoms with Crippen LogP contribution in [0.3, 0.4) is 0 Å². The van der Waals surface area contributed by atoms with E-state index in [9.17, 15) is 18.0 Å². The van der Waals surface area contributed by atoms with Gasteiger partial charge in [0.25, 0.3) is 5.56 Å². The molecule has 0 bridgehead atoms. The molecule has 0 aliphatic carbocycles. The number of halogens is 3. The Morgan fingerprint density at radius 2 is 1.61 bits per heavy atom. The highest BCUT2D eigenvalue weighted by molar-refractivity contribution is 6.05. The van der Waals surface area contributed by atoms with E-state index in [0.29, 0.717) is 21.8 Å². The van der Waals surface area contributed by atoms with E-state index in [1.807, 2.05) is 36.5 Å². The van der Waals surface area contributed by atoms with Gasteiger partial charge >= 0.3 is 6.18 Å². The highest BCUT2D eigenvalue weighted by atomic mass is 19.4. The van der Waals surface area contributed by atoms with E-state index in [2.05, 4.69) is 26.8 Å². The van der Waals surface area contributed by atoms with Crippen LogP contribution in [-0.2, 0) is 6.18 Å². The number of piperazine rings is 1. The van der Waals surface area contributed by atoms with Crippen LogP contribution in [-0.4, -0.2) is 52.7 Å². The number of fused-ring (bicyclic) bond motifs is 3. The number of benzene rings is 2. The average molecular weight is 516 g/mol. The fourth-order valence-electron chi connectivity index (χ4n) is 4.95. The predicted octanol–water partition coefficient (Wildman–Crippen LogP) is 5.37. The van der Waals surface area contributed by atoms with Gasteiger partial charge in [0, 0.05) is 66.7 Å². The summed E-state index contributed by atoms with van der Waals surface area (Å²) in [6.45, 7) is 3.82.